The van der Waals surface area contributed by atoms with Gasteiger partial charge in [-0.3, -0.25) is 4.57 Å². The first-order valence-corrected chi connectivity index (χ1v) is 14.0. The summed E-state index contributed by atoms with van der Waals surface area (Å²) in [6.45, 7) is 16.9. The highest BCUT2D eigenvalue weighted by atomic mass is 31.2. The van der Waals surface area contributed by atoms with Crippen LogP contribution in [0.2, 0.25) is 0 Å². The third-order valence-corrected chi connectivity index (χ3v) is 6.60. The zero-order chi connectivity index (χ0) is 24.3. The van der Waals surface area contributed by atoms with Gasteiger partial charge in [0, 0.05) is 5.57 Å². The van der Waals surface area contributed by atoms with Crippen LogP contribution in [0.15, 0.2) is 12.2 Å². The van der Waals surface area contributed by atoms with Crippen molar-refractivity contribution in [2.75, 3.05) is 46.0 Å². The van der Waals surface area contributed by atoms with Crippen LogP contribution in [0.1, 0.15) is 91.9 Å². The van der Waals surface area contributed by atoms with Crippen molar-refractivity contribution in [3.8, 4) is 0 Å². The van der Waals surface area contributed by atoms with Gasteiger partial charge in [-0.2, -0.15) is 0 Å². The lowest BCUT2D eigenvalue weighted by atomic mass is 10.1. The highest BCUT2D eigenvalue weighted by Gasteiger charge is 2.25. The lowest BCUT2D eigenvalue weighted by molar-refractivity contribution is -0.929. The number of phosphoric acid groups is 1. The number of carbonyl (C=O) groups is 1. The number of unbranched alkanes of at least 4 members (excludes halogenated alkanes) is 5. The van der Waals surface area contributed by atoms with Gasteiger partial charge in [-0.15, -0.1) is 0 Å². The second kappa shape index (κ2) is 18.7. The van der Waals surface area contributed by atoms with Gasteiger partial charge < -0.3 is 23.2 Å². The van der Waals surface area contributed by atoms with Gasteiger partial charge in [0.05, 0.1) is 46.0 Å². The zero-order valence-corrected chi connectivity index (χ0v) is 22.0. The van der Waals surface area contributed by atoms with E-state index in [1.807, 2.05) is 0 Å². The summed E-state index contributed by atoms with van der Waals surface area (Å²) in [7, 11) is -4.29. The molecule has 0 N–H and O–H groups in total. The van der Waals surface area contributed by atoms with E-state index >= 15 is 0 Å². The average Bonchev–Trinajstić information content (AvgIpc) is 2.76. The van der Waals surface area contributed by atoms with E-state index in [1.165, 1.54) is 58.2 Å². The number of nitrogens with zero attached hydrogens (tertiary/aromatic N) is 1. The quantitative estimate of drug-likeness (QED) is 0.0684. The van der Waals surface area contributed by atoms with E-state index in [0.717, 1.165) is 17.4 Å². The Balaban J connectivity index is 4.23. The predicted molar refractivity (Wildman–Crippen MR) is 128 cm³/mol. The van der Waals surface area contributed by atoms with Gasteiger partial charge in [-0.25, -0.2) is 4.79 Å². The Labute approximate surface area is 196 Å². The summed E-state index contributed by atoms with van der Waals surface area (Å²) in [4.78, 5) is 23.2. The molecule has 0 spiro atoms. The summed E-state index contributed by atoms with van der Waals surface area (Å²) < 4.78 is 28.0. The molecule has 0 rings (SSSR count). The lowest BCUT2D eigenvalue weighted by Gasteiger charge is -2.39. The van der Waals surface area contributed by atoms with Crippen LogP contribution in [-0.4, -0.2) is 56.5 Å². The molecule has 0 aromatic carbocycles. The van der Waals surface area contributed by atoms with Gasteiger partial charge in [0.15, 0.2) is 0 Å². The van der Waals surface area contributed by atoms with Gasteiger partial charge in [0.2, 0.25) is 0 Å². The Morgan fingerprint density at radius 1 is 0.781 bits per heavy atom. The topological polar surface area (TPSA) is 84.9 Å². The molecule has 0 aliphatic carbocycles. The number of carbonyl (C=O) groups excluding carboxylic acids is 1. The van der Waals surface area contributed by atoms with Crippen molar-refractivity contribution in [1.29, 1.82) is 0 Å². The van der Waals surface area contributed by atoms with Crippen LogP contribution in [0.25, 0.3) is 0 Å². The zero-order valence-electron chi connectivity index (χ0n) is 21.1. The van der Waals surface area contributed by atoms with E-state index in [4.69, 9.17) is 13.8 Å². The molecule has 0 aromatic heterocycles. The largest absolute Gasteiger partial charge is 0.756 e. The number of quaternary nitrogens is 1. The molecule has 1 atom stereocenters. The Morgan fingerprint density at radius 2 is 1.19 bits per heavy atom. The van der Waals surface area contributed by atoms with Crippen molar-refractivity contribution in [3.05, 3.63) is 12.2 Å². The second-order valence-electron chi connectivity index (χ2n) is 8.74. The summed E-state index contributed by atoms with van der Waals surface area (Å²) in [5.74, 6) is -0.439. The van der Waals surface area contributed by atoms with Gasteiger partial charge in [-0.05, 0) is 51.9 Å². The highest BCUT2D eigenvalue weighted by Crippen LogP contribution is 2.38. The van der Waals surface area contributed by atoms with Crippen molar-refractivity contribution < 1.29 is 32.5 Å². The summed E-state index contributed by atoms with van der Waals surface area (Å²) >= 11 is 0. The molecule has 32 heavy (non-hydrogen) atoms. The van der Waals surface area contributed by atoms with Gasteiger partial charge in [0.1, 0.15) is 0 Å². The SMILES string of the molecule is C=C(C)C(=O)OCCCCOP(=O)([O-])OCCCC[N+](CCCC)(CCCC)CCCC. The molecule has 0 fully saturated rings. The molecule has 0 radical (unpaired) electrons. The normalized spacial score (nSPS) is 13.7. The Hall–Kier alpha value is -0.720. The van der Waals surface area contributed by atoms with Crippen LogP contribution in [-0.2, 0) is 23.1 Å². The average molecular weight is 478 g/mol. The van der Waals surface area contributed by atoms with Crippen LogP contribution >= 0.6 is 7.82 Å². The lowest BCUT2D eigenvalue weighted by Crippen LogP contribution is -2.50. The number of rotatable bonds is 22. The van der Waals surface area contributed by atoms with Crippen LogP contribution in [0.3, 0.4) is 0 Å². The van der Waals surface area contributed by atoms with E-state index in [9.17, 15) is 14.3 Å². The smallest absolute Gasteiger partial charge is 0.333 e. The van der Waals surface area contributed by atoms with Crippen molar-refractivity contribution in [2.24, 2.45) is 0 Å². The molecule has 7 nitrogen and oxygen atoms in total. The number of hydrogen-bond donors (Lipinski definition) is 0. The highest BCUT2D eigenvalue weighted by molar-refractivity contribution is 7.45. The van der Waals surface area contributed by atoms with Gasteiger partial charge >= 0.3 is 5.97 Å². The molecule has 0 bridgehead atoms. The van der Waals surface area contributed by atoms with E-state index in [2.05, 4.69) is 27.4 Å². The Kier molecular flexibility index (Phi) is 18.3. The summed E-state index contributed by atoms with van der Waals surface area (Å²) in [5.41, 5.74) is 0.343. The molecule has 8 heteroatoms. The minimum absolute atomic E-state index is 0.0243. The van der Waals surface area contributed by atoms with Gasteiger partial charge in [-0.1, -0.05) is 46.6 Å². The van der Waals surface area contributed by atoms with Crippen LogP contribution in [0, 0.1) is 0 Å². The van der Waals surface area contributed by atoms with E-state index in [1.54, 1.807) is 6.92 Å². The molecule has 0 amide bonds. The third-order valence-electron chi connectivity index (χ3n) is 5.60. The standard InChI is InChI=1S/C24H48NO6P/c1-6-9-16-25(17-10-7-2,18-11-8-3)19-12-13-21-30-32(27,28)31-22-15-14-20-29-24(26)23(4)5/h4,6-22H2,1-3,5H3. The first-order chi connectivity index (χ1) is 15.2. The first-order valence-electron chi connectivity index (χ1n) is 12.5. The molecule has 0 aromatic rings. The maximum atomic E-state index is 11.9. The molecule has 0 heterocycles. The fourth-order valence-electron chi connectivity index (χ4n) is 3.58. The molecule has 0 saturated heterocycles. The van der Waals surface area contributed by atoms with E-state index in [0.29, 0.717) is 24.8 Å². The van der Waals surface area contributed by atoms with Gasteiger partial charge in [0.25, 0.3) is 7.82 Å². The fourth-order valence-corrected chi connectivity index (χ4v) is 4.36. The molecule has 1 unspecified atom stereocenters. The third kappa shape index (κ3) is 16.0. The molecule has 0 saturated carbocycles. The molecular weight excluding hydrogens is 429 g/mol. The Morgan fingerprint density at radius 3 is 1.62 bits per heavy atom. The minimum atomic E-state index is -4.29. The van der Waals surface area contributed by atoms with E-state index in [-0.39, 0.29) is 19.8 Å². The van der Waals surface area contributed by atoms with Crippen LogP contribution in [0.5, 0.6) is 0 Å². The number of phosphoric ester groups is 1. The van der Waals surface area contributed by atoms with Crippen molar-refractivity contribution >= 4 is 13.8 Å². The molecule has 0 aliphatic rings. The van der Waals surface area contributed by atoms with Crippen LogP contribution < -0.4 is 4.89 Å². The fraction of sp³-hybridized carbons (Fsp3) is 0.875. The second-order valence-corrected chi connectivity index (χ2v) is 10.2. The monoisotopic (exact) mass is 477 g/mol. The van der Waals surface area contributed by atoms with Crippen LogP contribution in [0.4, 0.5) is 0 Å². The molecule has 0 aliphatic heterocycles. The van der Waals surface area contributed by atoms with Crippen molar-refractivity contribution in [3.63, 3.8) is 0 Å². The van der Waals surface area contributed by atoms with Crippen molar-refractivity contribution in [2.45, 2.75) is 91.9 Å². The van der Waals surface area contributed by atoms with E-state index < -0.39 is 13.8 Å². The maximum Gasteiger partial charge on any atom is 0.333 e. The summed E-state index contributed by atoms with van der Waals surface area (Å²) in [6.07, 6.45) is 9.96. The molecular formula is C24H48NO6P. The predicted octanol–water partition coefficient (Wildman–Crippen LogP) is 5.38. The van der Waals surface area contributed by atoms with Crippen molar-refractivity contribution in [1.82, 2.24) is 0 Å². The number of ether oxygens (including phenoxy) is 1. The first kappa shape index (κ1) is 31.3. The summed E-state index contributed by atoms with van der Waals surface area (Å²) in [5, 5.41) is 0. The number of hydrogen-bond acceptors (Lipinski definition) is 6. The number of esters is 1. The minimum Gasteiger partial charge on any atom is -0.756 e. The maximum absolute atomic E-state index is 11.9. The summed E-state index contributed by atoms with van der Waals surface area (Å²) in [6, 6.07) is 0. The Bertz CT molecular complexity index is 533. The molecule has 190 valence electrons.